The molecule has 1 fully saturated rings. The van der Waals surface area contributed by atoms with Gasteiger partial charge in [-0.1, -0.05) is 20.3 Å². The molecule has 1 rings (SSSR count). The van der Waals surface area contributed by atoms with E-state index in [4.69, 9.17) is 0 Å². The van der Waals surface area contributed by atoms with E-state index < -0.39 is 0 Å². The molecule has 94 valence electrons. The summed E-state index contributed by atoms with van der Waals surface area (Å²) in [6.07, 6.45) is 4.62. The number of carbonyl (C=O) groups excluding carboxylic acids is 1. The van der Waals surface area contributed by atoms with Crippen molar-refractivity contribution in [3.63, 3.8) is 0 Å². The molecule has 2 atom stereocenters. The number of nitrogens with one attached hydrogen (secondary N) is 1. The number of hydrogen-bond acceptors (Lipinski definition) is 2. The average molecular weight is 226 g/mol. The molecule has 0 saturated heterocycles. The van der Waals surface area contributed by atoms with E-state index in [0.29, 0.717) is 12.5 Å². The highest BCUT2D eigenvalue weighted by Gasteiger charge is 2.26. The van der Waals surface area contributed by atoms with Gasteiger partial charge < -0.3 is 10.2 Å². The molecule has 16 heavy (non-hydrogen) atoms. The highest BCUT2D eigenvalue weighted by Crippen LogP contribution is 2.28. The Labute approximate surface area is 99.6 Å². The molecule has 0 radical (unpaired) electrons. The van der Waals surface area contributed by atoms with E-state index in [1.54, 1.807) is 4.90 Å². The van der Waals surface area contributed by atoms with Crippen molar-refractivity contribution in [1.82, 2.24) is 10.2 Å². The minimum Gasteiger partial charge on any atom is -0.349 e. The lowest BCUT2D eigenvalue weighted by Gasteiger charge is -2.35. The normalized spacial score (nSPS) is 30.1. The molecular formula is C13H26N2O. The lowest BCUT2D eigenvalue weighted by molar-refractivity contribution is -0.128. The fraction of sp³-hybridized carbons (Fsp3) is 0.923. The number of carbonyl (C=O) groups is 1. The fourth-order valence-corrected chi connectivity index (χ4v) is 2.65. The van der Waals surface area contributed by atoms with Gasteiger partial charge in [-0.25, -0.2) is 0 Å². The molecule has 1 amide bonds. The van der Waals surface area contributed by atoms with Crippen LogP contribution in [0, 0.1) is 11.8 Å². The van der Waals surface area contributed by atoms with Crippen molar-refractivity contribution in [3.05, 3.63) is 0 Å². The van der Waals surface area contributed by atoms with Crippen LogP contribution in [-0.4, -0.2) is 37.5 Å². The molecular weight excluding hydrogens is 200 g/mol. The Morgan fingerprint density at radius 1 is 1.25 bits per heavy atom. The Balaban J connectivity index is 2.28. The van der Waals surface area contributed by atoms with E-state index in [0.717, 1.165) is 18.4 Å². The third-order valence-corrected chi connectivity index (χ3v) is 3.76. The van der Waals surface area contributed by atoms with E-state index >= 15 is 0 Å². The van der Waals surface area contributed by atoms with E-state index in [1.165, 1.54) is 19.3 Å². The molecule has 0 aromatic heterocycles. The SMILES string of the molecule is CC1CCCC(C)C1NCCC(=O)N(C)C. The van der Waals surface area contributed by atoms with Gasteiger partial charge in [0, 0.05) is 33.1 Å². The maximum absolute atomic E-state index is 11.4. The molecule has 1 aliphatic carbocycles. The first-order valence-electron chi connectivity index (χ1n) is 6.46. The third-order valence-electron chi connectivity index (χ3n) is 3.76. The minimum absolute atomic E-state index is 0.212. The summed E-state index contributed by atoms with van der Waals surface area (Å²) < 4.78 is 0. The van der Waals surface area contributed by atoms with Crippen LogP contribution < -0.4 is 5.32 Å². The molecule has 0 aromatic carbocycles. The maximum atomic E-state index is 11.4. The second-order valence-corrected chi connectivity index (χ2v) is 5.40. The highest BCUT2D eigenvalue weighted by atomic mass is 16.2. The van der Waals surface area contributed by atoms with E-state index in [1.807, 2.05) is 14.1 Å². The Bertz CT molecular complexity index is 218. The number of rotatable bonds is 4. The lowest BCUT2D eigenvalue weighted by Crippen LogP contribution is -2.44. The van der Waals surface area contributed by atoms with Crippen LogP contribution in [0.3, 0.4) is 0 Å². The summed E-state index contributed by atoms with van der Waals surface area (Å²) >= 11 is 0. The molecule has 0 aromatic rings. The summed E-state index contributed by atoms with van der Waals surface area (Å²) in [7, 11) is 3.63. The second-order valence-electron chi connectivity index (χ2n) is 5.40. The average Bonchev–Trinajstić information content (AvgIpc) is 2.22. The van der Waals surface area contributed by atoms with Crippen LogP contribution >= 0.6 is 0 Å². The zero-order valence-electron chi connectivity index (χ0n) is 11.1. The highest BCUT2D eigenvalue weighted by molar-refractivity contribution is 5.75. The van der Waals surface area contributed by atoms with Crippen LogP contribution in [0.25, 0.3) is 0 Å². The van der Waals surface area contributed by atoms with Gasteiger partial charge in [0.05, 0.1) is 0 Å². The Kier molecular flexibility index (Phi) is 5.26. The molecule has 0 aliphatic heterocycles. The number of hydrogen-bond donors (Lipinski definition) is 1. The van der Waals surface area contributed by atoms with Gasteiger partial charge in [-0.2, -0.15) is 0 Å². The molecule has 3 heteroatoms. The monoisotopic (exact) mass is 226 g/mol. The predicted octanol–water partition coefficient (Wildman–Crippen LogP) is 1.88. The predicted molar refractivity (Wildman–Crippen MR) is 67.3 cm³/mol. The maximum Gasteiger partial charge on any atom is 0.223 e. The lowest BCUT2D eigenvalue weighted by atomic mass is 9.79. The van der Waals surface area contributed by atoms with Crippen LogP contribution in [0.5, 0.6) is 0 Å². The summed E-state index contributed by atoms with van der Waals surface area (Å²) in [6.45, 7) is 5.46. The molecule has 1 saturated carbocycles. The van der Waals surface area contributed by atoms with Gasteiger partial charge in [-0.3, -0.25) is 4.79 Å². The van der Waals surface area contributed by atoms with Crippen molar-refractivity contribution < 1.29 is 4.79 Å². The Morgan fingerprint density at radius 3 is 2.31 bits per heavy atom. The third kappa shape index (κ3) is 3.78. The minimum atomic E-state index is 0.212. The topological polar surface area (TPSA) is 32.3 Å². The Morgan fingerprint density at radius 2 is 1.81 bits per heavy atom. The molecule has 2 unspecified atom stereocenters. The van der Waals surface area contributed by atoms with Crippen molar-refractivity contribution in [2.45, 2.75) is 45.6 Å². The number of nitrogens with zero attached hydrogens (tertiary/aromatic N) is 1. The van der Waals surface area contributed by atoms with E-state index in [-0.39, 0.29) is 5.91 Å². The van der Waals surface area contributed by atoms with Crippen molar-refractivity contribution in [2.75, 3.05) is 20.6 Å². The van der Waals surface area contributed by atoms with Gasteiger partial charge in [0.1, 0.15) is 0 Å². The molecule has 0 heterocycles. The van der Waals surface area contributed by atoms with Crippen molar-refractivity contribution in [2.24, 2.45) is 11.8 Å². The first-order chi connectivity index (χ1) is 7.52. The standard InChI is InChI=1S/C13H26N2O/c1-10-6-5-7-11(2)13(10)14-9-8-12(16)15(3)4/h10-11,13-14H,5-9H2,1-4H3. The zero-order valence-corrected chi connectivity index (χ0v) is 11.1. The summed E-state index contributed by atoms with van der Waals surface area (Å²) in [5.74, 6) is 1.71. The van der Waals surface area contributed by atoms with Gasteiger partial charge in [0.25, 0.3) is 0 Å². The molecule has 0 bridgehead atoms. The van der Waals surface area contributed by atoms with E-state index in [9.17, 15) is 4.79 Å². The zero-order chi connectivity index (χ0) is 12.1. The van der Waals surface area contributed by atoms with Gasteiger partial charge in [-0.05, 0) is 24.7 Å². The van der Waals surface area contributed by atoms with Crippen LogP contribution in [0.2, 0.25) is 0 Å². The van der Waals surface area contributed by atoms with Crippen LogP contribution in [-0.2, 0) is 4.79 Å². The number of amides is 1. The Hall–Kier alpha value is -0.570. The molecule has 1 aliphatic rings. The van der Waals surface area contributed by atoms with E-state index in [2.05, 4.69) is 19.2 Å². The van der Waals surface area contributed by atoms with Gasteiger partial charge in [0.15, 0.2) is 0 Å². The second kappa shape index (κ2) is 6.24. The summed E-state index contributed by atoms with van der Waals surface area (Å²) in [6, 6.07) is 0.601. The summed E-state index contributed by atoms with van der Waals surface area (Å²) in [5, 5.41) is 3.56. The van der Waals surface area contributed by atoms with Gasteiger partial charge >= 0.3 is 0 Å². The quantitative estimate of drug-likeness (QED) is 0.794. The summed E-state index contributed by atoms with van der Waals surface area (Å²) in [5.41, 5.74) is 0. The smallest absolute Gasteiger partial charge is 0.223 e. The summed E-state index contributed by atoms with van der Waals surface area (Å²) in [4.78, 5) is 13.1. The fourth-order valence-electron chi connectivity index (χ4n) is 2.65. The molecule has 0 spiro atoms. The van der Waals surface area contributed by atoms with Crippen molar-refractivity contribution in [1.29, 1.82) is 0 Å². The first kappa shape index (κ1) is 13.5. The van der Waals surface area contributed by atoms with Crippen molar-refractivity contribution in [3.8, 4) is 0 Å². The van der Waals surface area contributed by atoms with Crippen LogP contribution in [0.15, 0.2) is 0 Å². The van der Waals surface area contributed by atoms with Crippen molar-refractivity contribution >= 4 is 5.91 Å². The molecule has 1 N–H and O–H groups in total. The molecule has 3 nitrogen and oxygen atoms in total. The largest absolute Gasteiger partial charge is 0.349 e. The van der Waals surface area contributed by atoms with Gasteiger partial charge in [0.2, 0.25) is 5.91 Å². The van der Waals surface area contributed by atoms with Crippen LogP contribution in [0.4, 0.5) is 0 Å². The first-order valence-corrected chi connectivity index (χ1v) is 6.46. The van der Waals surface area contributed by atoms with Gasteiger partial charge in [-0.15, -0.1) is 0 Å². The van der Waals surface area contributed by atoms with Crippen LogP contribution in [0.1, 0.15) is 39.5 Å².